The van der Waals surface area contributed by atoms with Gasteiger partial charge in [-0.3, -0.25) is 4.79 Å². The standard InChI is InChI=1S/C21H20FN3O2/c1-3-15-5-4-6-18(12-15)24-19(26)13-27-20-11-14(2)23-21(25-20)16-7-9-17(22)10-8-16/h4-12H,3,13H2,1-2H3,(H,24,26). The molecule has 0 spiro atoms. The number of rotatable bonds is 6. The maximum absolute atomic E-state index is 13.1. The van der Waals surface area contributed by atoms with Gasteiger partial charge in [0.1, 0.15) is 5.82 Å². The van der Waals surface area contributed by atoms with Crippen LogP contribution in [-0.2, 0) is 11.2 Å². The molecule has 1 aromatic heterocycles. The molecule has 0 aliphatic heterocycles. The van der Waals surface area contributed by atoms with Crippen LogP contribution in [0.3, 0.4) is 0 Å². The van der Waals surface area contributed by atoms with Gasteiger partial charge in [-0.2, -0.15) is 4.98 Å². The Labute approximate surface area is 157 Å². The molecule has 138 valence electrons. The number of ether oxygens (including phenoxy) is 1. The number of aromatic nitrogens is 2. The van der Waals surface area contributed by atoms with Crippen molar-refractivity contribution >= 4 is 11.6 Å². The zero-order chi connectivity index (χ0) is 19.2. The number of carbonyl (C=O) groups is 1. The first-order valence-electron chi connectivity index (χ1n) is 8.66. The number of carbonyl (C=O) groups excluding carboxylic acids is 1. The second kappa shape index (κ2) is 8.40. The van der Waals surface area contributed by atoms with E-state index < -0.39 is 0 Å². The van der Waals surface area contributed by atoms with Crippen LogP contribution < -0.4 is 10.1 Å². The zero-order valence-corrected chi connectivity index (χ0v) is 15.2. The normalized spacial score (nSPS) is 10.5. The molecule has 0 aliphatic carbocycles. The van der Waals surface area contributed by atoms with E-state index in [1.165, 1.54) is 12.1 Å². The maximum Gasteiger partial charge on any atom is 0.262 e. The molecule has 0 aliphatic rings. The Morgan fingerprint density at radius 2 is 1.89 bits per heavy atom. The quantitative estimate of drug-likeness (QED) is 0.712. The van der Waals surface area contributed by atoms with Crippen molar-refractivity contribution in [2.45, 2.75) is 20.3 Å². The van der Waals surface area contributed by atoms with Gasteiger partial charge in [-0.1, -0.05) is 19.1 Å². The number of anilines is 1. The van der Waals surface area contributed by atoms with Crippen molar-refractivity contribution in [2.75, 3.05) is 11.9 Å². The van der Waals surface area contributed by atoms with E-state index in [0.717, 1.165) is 17.7 Å². The van der Waals surface area contributed by atoms with Gasteiger partial charge in [0.15, 0.2) is 12.4 Å². The molecule has 2 aromatic carbocycles. The first kappa shape index (κ1) is 18.5. The van der Waals surface area contributed by atoms with Crippen LogP contribution in [0.4, 0.5) is 10.1 Å². The first-order chi connectivity index (χ1) is 13.0. The molecule has 1 amide bonds. The molecule has 0 saturated heterocycles. The van der Waals surface area contributed by atoms with Crippen LogP contribution in [0.5, 0.6) is 5.88 Å². The van der Waals surface area contributed by atoms with Gasteiger partial charge in [0.2, 0.25) is 5.88 Å². The fraction of sp³-hybridized carbons (Fsp3) is 0.190. The maximum atomic E-state index is 13.1. The third-order valence-corrected chi connectivity index (χ3v) is 3.90. The topological polar surface area (TPSA) is 64.1 Å². The highest BCUT2D eigenvalue weighted by Crippen LogP contribution is 2.19. The average Bonchev–Trinajstić information content (AvgIpc) is 2.67. The fourth-order valence-corrected chi connectivity index (χ4v) is 2.55. The van der Waals surface area contributed by atoms with E-state index in [2.05, 4.69) is 22.2 Å². The minimum atomic E-state index is -0.327. The van der Waals surface area contributed by atoms with E-state index in [9.17, 15) is 9.18 Å². The zero-order valence-electron chi connectivity index (χ0n) is 15.2. The lowest BCUT2D eigenvalue weighted by atomic mass is 10.1. The van der Waals surface area contributed by atoms with Crippen molar-refractivity contribution < 1.29 is 13.9 Å². The van der Waals surface area contributed by atoms with Crippen LogP contribution in [0.2, 0.25) is 0 Å². The molecule has 1 N–H and O–H groups in total. The van der Waals surface area contributed by atoms with Crippen molar-refractivity contribution in [3.63, 3.8) is 0 Å². The molecule has 1 heterocycles. The summed E-state index contributed by atoms with van der Waals surface area (Å²) >= 11 is 0. The number of aryl methyl sites for hydroxylation is 2. The highest BCUT2D eigenvalue weighted by atomic mass is 19.1. The molecule has 5 nitrogen and oxygen atoms in total. The smallest absolute Gasteiger partial charge is 0.262 e. The number of hydrogen-bond acceptors (Lipinski definition) is 4. The Morgan fingerprint density at radius 1 is 1.11 bits per heavy atom. The summed E-state index contributed by atoms with van der Waals surface area (Å²) in [6.07, 6.45) is 0.895. The minimum Gasteiger partial charge on any atom is -0.467 e. The Bertz CT molecular complexity index is 942. The molecule has 0 atom stereocenters. The van der Waals surface area contributed by atoms with Crippen molar-refractivity contribution in [1.29, 1.82) is 0 Å². The van der Waals surface area contributed by atoms with E-state index in [1.807, 2.05) is 24.3 Å². The number of hydrogen-bond donors (Lipinski definition) is 1. The second-order valence-corrected chi connectivity index (χ2v) is 6.07. The highest BCUT2D eigenvalue weighted by Gasteiger charge is 2.09. The molecule has 6 heteroatoms. The van der Waals surface area contributed by atoms with Crippen molar-refractivity contribution in [2.24, 2.45) is 0 Å². The summed E-state index contributed by atoms with van der Waals surface area (Å²) in [6, 6.07) is 15.2. The largest absolute Gasteiger partial charge is 0.467 e. The summed E-state index contributed by atoms with van der Waals surface area (Å²) in [5.74, 6) is 0.106. The van der Waals surface area contributed by atoms with Gasteiger partial charge in [-0.05, 0) is 55.3 Å². The average molecular weight is 365 g/mol. The Balaban J connectivity index is 1.66. The Morgan fingerprint density at radius 3 is 2.63 bits per heavy atom. The summed E-state index contributed by atoms with van der Waals surface area (Å²) in [6.45, 7) is 3.69. The Hall–Kier alpha value is -3.28. The summed E-state index contributed by atoms with van der Waals surface area (Å²) < 4.78 is 18.6. The van der Waals surface area contributed by atoms with Gasteiger partial charge in [0.05, 0.1) is 0 Å². The van der Waals surface area contributed by atoms with Crippen LogP contribution >= 0.6 is 0 Å². The van der Waals surface area contributed by atoms with E-state index in [0.29, 0.717) is 23.0 Å². The van der Waals surface area contributed by atoms with Gasteiger partial charge < -0.3 is 10.1 Å². The SMILES string of the molecule is CCc1cccc(NC(=O)COc2cc(C)nc(-c3ccc(F)cc3)n2)c1. The highest BCUT2D eigenvalue weighted by molar-refractivity contribution is 5.91. The van der Waals surface area contributed by atoms with Crippen LogP contribution in [0.25, 0.3) is 11.4 Å². The summed E-state index contributed by atoms with van der Waals surface area (Å²) in [5, 5.41) is 2.81. The van der Waals surface area contributed by atoms with E-state index >= 15 is 0 Å². The number of benzene rings is 2. The van der Waals surface area contributed by atoms with Crippen LogP contribution in [0, 0.1) is 12.7 Å². The molecule has 27 heavy (non-hydrogen) atoms. The first-order valence-corrected chi connectivity index (χ1v) is 8.66. The lowest BCUT2D eigenvalue weighted by molar-refractivity contribution is -0.118. The molecular weight excluding hydrogens is 345 g/mol. The minimum absolute atomic E-state index is 0.171. The number of nitrogens with zero attached hydrogens (tertiary/aromatic N) is 2. The van der Waals surface area contributed by atoms with Gasteiger partial charge in [-0.25, -0.2) is 9.37 Å². The summed E-state index contributed by atoms with van der Waals surface area (Å²) in [5.41, 5.74) is 3.24. The molecule has 0 unspecified atom stereocenters. The van der Waals surface area contributed by atoms with Gasteiger partial charge in [0.25, 0.3) is 5.91 Å². The predicted octanol–water partition coefficient (Wildman–Crippen LogP) is 4.17. The molecule has 3 aromatic rings. The van der Waals surface area contributed by atoms with Gasteiger partial charge in [0, 0.05) is 23.0 Å². The molecule has 0 radical (unpaired) electrons. The molecule has 0 saturated carbocycles. The van der Waals surface area contributed by atoms with E-state index in [1.54, 1.807) is 25.1 Å². The van der Waals surface area contributed by atoms with Gasteiger partial charge >= 0.3 is 0 Å². The monoisotopic (exact) mass is 365 g/mol. The van der Waals surface area contributed by atoms with E-state index in [4.69, 9.17) is 4.74 Å². The van der Waals surface area contributed by atoms with Crippen LogP contribution in [0.1, 0.15) is 18.2 Å². The number of nitrogens with one attached hydrogen (secondary N) is 1. The number of amides is 1. The molecular formula is C21H20FN3O2. The third kappa shape index (κ3) is 5.10. The predicted molar refractivity (Wildman–Crippen MR) is 102 cm³/mol. The number of halogens is 1. The lowest BCUT2D eigenvalue weighted by Gasteiger charge is -2.09. The molecule has 3 rings (SSSR count). The van der Waals surface area contributed by atoms with Crippen molar-refractivity contribution in [3.8, 4) is 17.3 Å². The van der Waals surface area contributed by atoms with Crippen molar-refractivity contribution in [1.82, 2.24) is 9.97 Å². The van der Waals surface area contributed by atoms with E-state index in [-0.39, 0.29) is 18.3 Å². The Kier molecular flexibility index (Phi) is 5.76. The molecule has 0 fully saturated rings. The second-order valence-electron chi connectivity index (χ2n) is 6.07. The van der Waals surface area contributed by atoms with Gasteiger partial charge in [-0.15, -0.1) is 0 Å². The summed E-state index contributed by atoms with van der Waals surface area (Å²) in [7, 11) is 0. The molecule has 0 bridgehead atoms. The lowest BCUT2D eigenvalue weighted by Crippen LogP contribution is -2.20. The fourth-order valence-electron chi connectivity index (χ4n) is 2.55. The third-order valence-electron chi connectivity index (χ3n) is 3.90. The van der Waals surface area contributed by atoms with Crippen molar-refractivity contribution in [3.05, 3.63) is 71.7 Å². The van der Waals surface area contributed by atoms with Crippen LogP contribution in [0.15, 0.2) is 54.6 Å². The van der Waals surface area contributed by atoms with Crippen LogP contribution in [-0.4, -0.2) is 22.5 Å². The summed E-state index contributed by atoms with van der Waals surface area (Å²) in [4.78, 5) is 20.8.